The molecule has 3 N–H and O–H groups in total. The molecule has 0 radical (unpaired) electrons. The number of rotatable bonds is 10. The molecule has 1 amide bonds. The number of carbonyl (C=O) groups excluding carboxylic acids is 1. The molecule has 32 heavy (non-hydrogen) atoms. The summed E-state index contributed by atoms with van der Waals surface area (Å²) in [7, 11) is 3.03. The zero-order chi connectivity index (χ0) is 22.6. The number of nitrogens with one attached hydrogen (secondary N) is 3. The Morgan fingerprint density at radius 3 is 2.50 bits per heavy atom. The van der Waals surface area contributed by atoms with Gasteiger partial charge in [-0.2, -0.15) is 8.78 Å². The van der Waals surface area contributed by atoms with Crippen LogP contribution < -0.4 is 25.4 Å². The molecule has 176 valence electrons. The zero-order valence-electron chi connectivity index (χ0n) is 17.7. The molecule has 0 atom stereocenters. The summed E-state index contributed by atoms with van der Waals surface area (Å²) in [6.45, 7) is -2.10. The predicted molar refractivity (Wildman–Crippen MR) is 126 cm³/mol. The van der Waals surface area contributed by atoms with Gasteiger partial charge in [-0.25, -0.2) is 4.39 Å². The Kier molecular flexibility index (Phi) is 12.3. The molecule has 7 nitrogen and oxygen atoms in total. The van der Waals surface area contributed by atoms with Gasteiger partial charge in [0.2, 0.25) is 5.91 Å². The first-order chi connectivity index (χ1) is 14.9. The third-order valence-corrected chi connectivity index (χ3v) is 4.15. The van der Waals surface area contributed by atoms with Crippen molar-refractivity contribution in [2.45, 2.75) is 19.6 Å². The molecule has 2 aromatic rings. The predicted octanol–water partition coefficient (Wildman–Crippen LogP) is 3.08. The SMILES string of the molecule is CN=C(NCCNC(=O)Cc1cccc(F)c1)NCc1cc(OC)ccc1OC(F)F.I. The second-order valence-electron chi connectivity index (χ2n) is 6.36. The molecule has 0 unspecified atom stereocenters. The van der Waals surface area contributed by atoms with Crippen LogP contribution in [0, 0.1) is 5.82 Å². The van der Waals surface area contributed by atoms with E-state index in [-0.39, 0.29) is 54.4 Å². The number of ether oxygens (including phenoxy) is 2. The lowest BCUT2D eigenvalue weighted by atomic mass is 10.1. The fraction of sp³-hybridized carbons (Fsp3) is 0.333. The molecule has 0 fully saturated rings. The number of hydrogen-bond acceptors (Lipinski definition) is 4. The van der Waals surface area contributed by atoms with Crippen LogP contribution >= 0.6 is 24.0 Å². The molecule has 0 heterocycles. The third kappa shape index (κ3) is 9.62. The molecule has 2 rings (SSSR count). The van der Waals surface area contributed by atoms with Crippen molar-refractivity contribution in [3.8, 4) is 11.5 Å². The Hall–Kier alpha value is -2.70. The van der Waals surface area contributed by atoms with E-state index in [1.807, 2.05) is 0 Å². The summed E-state index contributed by atoms with van der Waals surface area (Å²) in [5, 5.41) is 8.71. The highest BCUT2D eigenvalue weighted by Crippen LogP contribution is 2.25. The van der Waals surface area contributed by atoms with Crippen molar-refractivity contribution >= 4 is 35.8 Å². The molecule has 0 bridgehead atoms. The van der Waals surface area contributed by atoms with Crippen LogP contribution in [0.4, 0.5) is 13.2 Å². The van der Waals surface area contributed by atoms with Crippen LogP contribution in [0.2, 0.25) is 0 Å². The van der Waals surface area contributed by atoms with Crippen LogP contribution in [-0.4, -0.2) is 45.7 Å². The van der Waals surface area contributed by atoms with Crippen molar-refractivity contribution in [2.75, 3.05) is 27.2 Å². The Labute approximate surface area is 201 Å². The standard InChI is InChI=1S/C21H25F3N4O3.HI/c1-25-21(27-9-8-26-19(29)11-14-4-3-5-16(22)10-14)28-13-15-12-17(30-2)6-7-18(15)31-20(23)24;/h3-7,10,12,20H,8-9,11,13H2,1-2H3,(H,26,29)(H2,25,27,28);1H. The van der Waals surface area contributed by atoms with Crippen LogP contribution in [-0.2, 0) is 17.8 Å². The van der Waals surface area contributed by atoms with E-state index in [1.165, 1.54) is 31.4 Å². The molecular formula is C21H26F3IN4O3. The summed E-state index contributed by atoms with van der Waals surface area (Å²) in [5.74, 6) is 0.316. The number of aliphatic imine (C=N–C) groups is 1. The second-order valence-corrected chi connectivity index (χ2v) is 6.36. The fourth-order valence-corrected chi connectivity index (χ4v) is 2.71. The lowest BCUT2D eigenvalue weighted by molar-refractivity contribution is -0.120. The quantitative estimate of drug-likeness (QED) is 0.178. The van der Waals surface area contributed by atoms with Crippen LogP contribution in [0.1, 0.15) is 11.1 Å². The maximum Gasteiger partial charge on any atom is 0.387 e. The summed E-state index contributed by atoms with van der Waals surface area (Å²) in [4.78, 5) is 16.0. The first-order valence-corrected chi connectivity index (χ1v) is 9.48. The monoisotopic (exact) mass is 566 g/mol. The van der Waals surface area contributed by atoms with E-state index in [9.17, 15) is 18.0 Å². The van der Waals surface area contributed by atoms with Crippen LogP contribution in [0.3, 0.4) is 0 Å². The van der Waals surface area contributed by atoms with E-state index in [1.54, 1.807) is 25.2 Å². The maximum atomic E-state index is 13.2. The number of carbonyl (C=O) groups is 1. The van der Waals surface area contributed by atoms with Gasteiger partial charge in [0.1, 0.15) is 17.3 Å². The Morgan fingerprint density at radius 1 is 1.09 bits per heavy atom. The van der Waals surface area contributed by atoms with Gasteiger partial charge < -0.3 is 25.4 Å². The molecule has 0 aliphatic heterocycles. The van der Waals surface area contributed by atoms with Crippen LogP contribution in [0.5, 0.6) is 11.5 Å². The summed E-state index contributed by atoms with van der Waals surface area (Å²) >= 11 is 0. The Balaban J connectivity index is 0.00000512. The number of alkyl halides is 2. The van der Waals surface area contributed by atoms with Crippen molar-refractivity contribution < 1.29 is 27.4 Å². The minimum atomic E-state index is -2.94. The van der Waals surface area contributed by atoms with E-state index in [0.717, 1.165) is 0 Å². The number of methoxy groups -OCH3 is 1. The molecule has 0 saturated heterocycles. The van der Waals surface area contributed by atoms with E-state index >= 15 is 0 Å². The number of nitrogens with zero attached hydrogens (tertiary/aromatic N) is 1. The molecule has 11 heteroatoms. The highest BCUT2D eigenvalue weighted by molar-refractivity contribution is 14.0. The van der Waals surface area contributed by atoms with E-state index < -0.39 is 6.61 Å². The lowest BCUT2D eigenvalue weighted by Crippen LogP contribution is -2.41. The van der Waals surface area contributed by atoms with E-state index in [2.05, 4.69) is 25.7 Å². The minimum Gasteiger partial charge on any atom is -0.497 e. The molecule has 0 aliphatic carbocycles. The van der Waals surface area contributed by atoms with Crippen molar-refractivity contribution in [3.63, 3.8) is 0 Å². The van der Waals surface area contributed by atoms with Gasteiger partial charge in [0.25, 0.3) is 0 Å². The Bertz CT molecular complexity index is 900. The minimum absolute atomic E-state index is 0. The third-order valence-electron chi connectivity index (χ3n) is 4.15. The lowest BCUT2D eigenvalue weighted by Gasteiger charge is -2.15. The first-order valence-electron chi connectivity index (χ1n) is 9.48. The summed E-state index contributed by atoms with van der Waals surface area (Å²) in [6.07, 6.45) is 0.0769. The molecular weight excluding hydrogens is 540 g/mol. The summed E-state index contributed by atoms with van der Waals surface area (Å²) in [6, 6.07) is 10.4. The highest BCUT2D eigenvalue weighted by Gasteiger charge is 2.12. The van der Waals surface area contributed by atoms with Gasteiger partial charge in [-0.3, -0.25) is 9.79 Å². The largest absolute Gasteiger partial charge is 0.497 e. The first kappa shape index (κ1) is 27.3. The number of hydrogen-bond donors (Lipinski definition) is 3. The van der Waals surface area contributed by atoms with Gasteiger partial charge in [-0.1, -0.05) is 12.1 Å². The average Bonchev–Trinajstić information content (AvgIpc) is 2.73. The average molecular weight is 566 g/mol. The number of halogens is 4. The van der Waals surface area contributed by atoms with Crippen LogP contribution in [0.15, 0.2) is 47.5 Å². The van der Waals surface area contributed by atoms with Crippen molar-refractivity contribution in [1.82, 2.24) is 16.0 Å². The number of amides is 1. The second kappa shape index (κ2) is 14.4. The van der Waals surface area contributed by atoms with Crippen molar-refractivity contribution in [1.29, 1.82) is 0 Å². The molecule has 0 saturated carbocycles. The topological polar surface area (TPSA) is 84.0 Å². The summed E-state index contributed by atoms with van der Waals surface area (Å²) in [5.41, 5.74) is 1.05. The summed E-state index contributed by atoms with van der Waals surface area (Å²) < 4.78 is 48.0. The molecule has 0 aliphatic rings. The zero-order valence-corrected chi connectivity index (χ0v) is 20.0. The number of guanidine groups is 1. The van der Waals surface area contributed by atoms with E-state index in [0.29, 0.717) is 35.9 Å². The van der Waals surface area contributed by atoms with Gasteiger partial charge >= 0.3 is 6.61 Å². The molecule has 0 spiro atoms. The Morgan fingerprint density at radius 2 is 1.84 bits per heavy atom. The molecule has 2 aromatic carbocycles. The van der Waals surface area contributed by atoms with E-state index in [4.69, 9.17) is 4.74 Å². The van der Waals surface area contributed by atoms with Crippen molar-refractivity contribution in [2.24, 2.45) is 4.99 Å². The van der Waals surface area contributed by atoms with Crippen LogP contribution in [0.25, 0.3) is 0 Å². The fourth-order valence-electron chi connectivity index (χ4n) is 2.71. The highest BCUT2D eigenvalue weighted by atomic mass is 127. The van der Waals surface area contributed by atoms with Gasteiger partial charge in [-0.15, -0.1) is 24.0 Å². The van der Waals surface area contributed by atoms with Gasteiger partial charge in [0.05, 0.1) is 13.5 Å². The van der Waals surface area contributed by atoms with Gasteiger partial charge in [-0.05, 0) is 35.9 Å². The van der Waals surface area contributed by atoms with Crippen molar-refractivity contribution in [3.05, 3.63) is 59.4 Å². The molecule has 0 aromatic heterocycles. The maximum absolute atomic E-state index is 13.2. The smallest absolute Gasteiger partial charge is 0.387 e. The normalized spacial score (nSPS) is 10.9. The van der Waals surface area contributed by atoms with Gasteiger partial charge in [0, 0.05) is 32.2 Å². The van der Waals surface area contributed by atoms with Gasteiger partial charge in [0.15, 0.2) is 5.96 Å². The number of benzene rings is 2.